The Kier molecular flexibility index (Phi) is 2.67. The monoisotopic (exact) mass is 246 g/mol. The number of carboxylic acids is 1. The summed E-state index contributed by atoms with van der Waals surface area (Å²) in [6.07, 6.45) is 4.89. The molecular formula is C15H18O3. The molecule has 1 aromatic carbocycles. The van der Waals surface area contributed by atoms with Crippen LogP contribution in [0.25, 0.3) is 0 Å². The summed E-state index contributed by atoms with van der Waals surface area (Å²) in [5, 5.41) is 19.5. The van der Waals surface area contributed by atoms with E-state index in [1.807, 2.05) is 12.1 Å². The van der Waals surface area contributed by atoms with Crippen LogP contribution < -0.4 is 0 Å². The summed E-state index contributed by atoms with van der Waals surface area (Å²) < 4.78 is 0. The van der Waals surface area contributed by atoms with Gasteiger partial charge in [-0.1, -0.05) is 18.2 Å². The van der Waals surface area contributed by atoms with Gasteiger partial charge in [-0.3, -0.25) is 4.79 Å². The Hall–Kier alpha value is -1.35. The van der Waals surface area contributed by atoms with E-state index in [1.165, 1.54) is 24.0 Å². The molecule has 1 saturated carbocycles. The maximum atomic E-state index is 11.2. The third-order valence-electron chi connectivity index (χ3n) is 4.43. The number of hydrogen-bond acceptors (Lipinski definition) is 2. The van der Waals surface area contributed by atoms with Crippen LogP contribution in [-0.4, -0.2) is 16.2 Å². The van der Waals surface area contributed by atoms with Gasteiger partial charge >= 0.3 is 5.97 Å². The minimum absolute atomic E-state index is 0.584. The van der Waals surface area contributed by atoms with Crippen molar-refractivity contribution in [3.8, 4) is 0 Å². The molecule has 3 rings (SSSR count). The summed E-state index contributed by atoms with van der Waals surface area (Å²) in [6, 6.07) is 5.98. The van der Waals surface area contributed by atoms with E-state index in [-0.39, 0.29) is 0 Å². The summed E-state index contributed by atoms with van der Waals surface area (Å²) in [6.45, 7) is 0. The second kappa shape index (κ2) is 4.09. The second-order valence-corrected chi connectivity index (χ2v) is 5.60. The van der Waals surface area contributed by atoms with E-state index in [0.29, 0.717) is 12.8 Å². The molecule has 1 unspecified atom stereocenters. The molecule has 0 amide bonds. The van der Waals surface area contributed by atoms with Gasteiger partial charge in [-0.2, -0.15) is 0 Å². The molecule has 0 aromatic heterocycles. The topological polar surface area (TPSA) is 57.5 Å². The number of aliphatic hydroxyl groups excluding tert-OH is 1. The molecule has 1 fully saturated rings. The minimum atomic E-state index is -0.914. The first-order chi connectivity index (χ1) is 8.63. The van der Waals surface area contributed by atoms with Crippen molar-refractivity contribution in [3.63, 3.8) is 0 Å². The molecule has 2 aliphatic carbocycles. The molecule has 1 atom stereocenters. The smallest absolute Gasteiger partial charge is 0.312 e. The molecule has 96 valence electrons. The minimum Gasteiger partial charge on any atom is -0.481 e. The predicted molar refractivity (Wildman–Crippen MR) is 67.3 cm³/mol. The van der Waals surface area contributed by atoms with Crippen LogP contribution in [0.2, 0.25) is 0 Å². The molecule has 2 aliphatic rings. The third-order valence-corrected chi connectivity index (χ3v) is 4.43. The van der Waals surface area contributed by atoms with Gasteiger partial charge in [-0.05, 0) is 55.2 Å². The lowest BCUT2D eigenvalue weighted by molar-refractivity contribution is -0.148. The van der Waals surface area contributed by atoms with Crippen molar-refractivity contribution in [3.05, 3.63) is 34.9 Å². The zero-order valence-electron chi connectivity index (χ0n) is 10.4. The molecule has 0 aliphatic heterocycles. The lowest BCUT2D eigenvalue weighted by Crippen LogP contribution is -2.23. The van der Waals surface area contributed by atoms with Gasteiger partial charge in [0.25, 0.3) is 0 Å². The second-order valence-electron chi connectivity index (χ2n) is 5.60. The Bertz CT molecular complexity index is 489. The average molecular weight is 246 g/mol. The maximum absolute atomic E-state index is 11.2. The Balaban J connectivity index is 1.91. The van der Waals surface area contributed by atoms with Crippen molar-refractivity contribution >= 4 is 5.97 Å². The van der Waals surface area contributed by atoms with Crippen LogP contribution in [0.1, 0.15) is 48.5 Å². The number of aliphatic hydroxyl groups is 1. The molecule has 0 saturated heterocycles. The molecule has 1 aromatic rings. The molecule has 0 heterocycles. The number of aryl methyl sites for hydroxylation is 2. The molecule has 18 heavy (non-hydrogen) atoms. The first-order valence-electron chi connectivity index (χ1n) is 6.67. The van der Waals surface area contributed by atoms with Gasteiger partial charge in [-0.25, -0.2) is 0 Å². The van der Waals surface area contributed by atoms with E-state index in [1.54, 1.807) is 0 Å². The van der Waals surface area contributed by atoms with Gasteiger partial charge in [0, 0.05) is 0 Å². The van der Waals surface area contributed by atoms with E-state index in [0.717, 1.165) is 18.4 Å². The number of carbonyl (C=O) groups is 1. The van der Waals surface area contributed by atoms with Crippen molar-refractivity contribution in [1.29, 1.82) is 0 Å². The normalized spacial score (nSPS) is 22.1. The van der Waals surface area contributed by atoms with E-state index in [9.17, 15) is 15.0 Å². The lowest BCUT2D eigenvalue weighted by atomic mass is 9.86. The Morgan fingerprint density at radius 1 is 1.17 bits per heavy atom. The fraction of sp³-hybridized carbons (Fsp3) is 0.533. The van der Waals surface area contributed by atoms with Crippen LogP contribution in [0, 0.1) is 5.41 Å². The van der Waals surface area contributed by atoms with Crippen LogP contribution in [-0.2, 0) is 17.6 Å². The zero-order chi connectivity index (χ0) is 12.8. The van der Waals surface area contributed by atoms with Crippen LogP contribution >= 0.6 is 0 Å². The van der Waals surface area contributed by atoms with Gasteiger partial charge in [0.15, 0.2) is 0 Å². The van der Waals surface area contributed by atoms with Crippen LogP contribution in [0.15, 0.2) is 18.2 Å². The molecule has 3 nitrogen and oxygen atoms in total. The van der Waals surface area contributed by atoms with Crippen LogP contribution in [0.5, 0.6) is 0 Å². The van der Waals surface area contributed by atoms with Gasteiger partial charge < -0.3 is 10.2 Å². The molecule has 0 bridgehead atoms. The van der Waals surface area contributed by atoms with Gasteiger partial charge in [0.1, 0.15) is 0 Å². The van der Waals surface area contributed by atoms with Crippen molar-refractivity contribution in [2.45, 2.75) is 44.6 Å². The molecular weight excluding hydrogens is 228 g/mol. The Morgan fingerprint density at radius 3 is 2.44 bits per heavy atom. The van der Waals surface area contributed by atoms with E-state index in [2.05, 4.69) is 6.07 Å². The fourth-order valence-corrected chi connectivity index (χ4v) is 2.98. The highest BCUT2D eigenvalue weighted by Gasteiger charge is 2.56. The first kappa shape index (κ1) is 11.7. The number of aliphatic carboxylic acids is 1. The van der Waals surface area contributed by atoms with Crippen molar-refractivity contribution in [1.82, 2.24) is 0 Å². The fourth-order valence-electron chi connectivity index (χ4n) is 2.98. The van der Waals surface area contributed by atoms with Gasteiger partial charge in [-0.15, -0.1) is 0 Å². The van der Waals surface area contributed by atoms with Crippen molar-refractivity contribution < 1.29 is 15.0 Å². The highest BCUT2D eigenvalue weighted by atomic mass is 16.4. The van der Waals surface area contributed by atoms with Crippen molar-refractivity contribution in [2.75, 3.05) is 0 Å². The Morgan fingerprint density at radius 2 is 1.83 bits per heavy atom. The maximum Gasteiger partial charge on any atom is 0.312 e. The number of fused-ring (bicyclic) bond motifs is 1. The number of carboxylic acid groups (broad SMARTS) is 1. The van der Waals surface area contributed by atoms with Crippen LogP contribution in [0.3, 0.4) is 0 Å². The van der Waals surface area contributed by atoms with Crippen LogP contribution in [0.4, 0.5) is 0 Å². The molecule has 2 N–H and O–H groups in total. The first-order valence-corrected chi connectivity index (χ1v) is 6.67. The predicted octanol–water partition coefficient (Wildman–Crippen LogP) is 2.46. The lowest BCUT2D eigenvalue weighted by Gasteiger charge is -2.22. The summed E-state index contributed by atoms with van der Waals surface area (Å²) in [4.78, 5) is 11.2. The summed E-state index contributed by atoms with van der Waals surface area (Å²) in [5.41, 5.74) is 2.51. The summed E-state index contributed by atoms with van der Waals surface area (Å²) >= 11 is 0. The standard InChI is InChI=1S/C15H18O3/c16-13(15(7-8-15)14(17)18)12-6-5-10-3-1-2-4-11(10)9-12/h5-6,9,13,16H,1-4,7-8H2,(H,17,18). The number of rotatable bonds is 3. The highest BCUT2D eigenvalue weighted by Crippen LogP contribution is 2.55. The summed E-state index contributed by atoms with van der Waals surface area (Å²) in [5.74, 6) is -0.868. The molecule has 0 radical (unpaired) electrons. The van der Waals surface area contributed by atoms with Gasteiger partial charge in [0.2, 0.25) is 0 Å². The van der Waals surface area contributed by atoms with Crippen molar-refractivity contribution in [2.24, 2.45) is 5.41 Å². The SMILES string of the molecule is O=C(O)C1(C(O)c2ccc3c(c2)CCCC3)CC1. The largest absolute Gasteiger partial charge is 0.481 e. The van der Waals surface area contributed by atoms with Gasteiger partial charge in [0.05, 0.1) is 11.5 Å². The molecule has 0 spiro atoms. The molecule has 3 heteroatoms. The Labute approximate surface area is 106 Å². The zero-order valence-corrected chi connectivity index (χ0v) is 10.4. The highest BCUT2D eigenvalue weighted by molar-refractivity contribution is 5.79. The number of hydrogen-bond donors (Lipinski definition) is 2. The van der Waals surface area contributed by atoms with E-state index < -0.39 is 17.5 Å². The quantitative estimate of drug-likeness (QED) is 0.861. The van der Waals surface area contributed by atoms with E-state index >= 15 is 0 Å². The van der Waals surface area contributed by atoms with E-state index in [4.69, 9.17) is 0 Å². The summed E-state index contributed by atoms with van der Waals surface area (Å²) in [7, 11) is 0. The third kappa shape index (κ3) is 1.74. The number of benzene rings is 1. The average Bonchev–Trinajstić information content (AvgIpc) is 3.19.